The van der Waals surface area contributed by atoms with Crippen molar-refractivity contribution < 1.29 is 9.53 Å². The molecule has 0 rings (SSSR count). The molecule has 0 N–H and O–H groups in total. The van der Waals surface area contributed by atoms with Crippen LogP contribution >= 0.6 is 11.6 Å². The van der Waals surface area contributed by atoms with E-state index in [2.05, 4.69) is 13.5 Å². The molecule has 0 aliphatic carbocycles. The van der Waals surface area contributed by atoms with Crippen LogP contribution in [0.5, 0.6) is 0 Å². The number of methoxy groups -OCH3 is 1. The second kappa shape index (κ2) is 7.30. The van der Waals surface area contributed by atoms with Crippen molar-refractivity contribution in [3.05, 3.63) is 34.9 Å². The maximum atomic E-state index is 11.4. The summed E-state index contributed by atoms with van der Waals surface area (Å²) in [6.45, 7) is 7.49. The summed E-state index contributed by atoms with van der Waals surface area (Å²) >= 11 is 5.60. The first kappa shape index (κ1) is 14.0. The van der Waals surface area contributed by atoms with E-state index in [9.17, 15) is 4.79 Å². The summed E-state index contributed by atoms with van der Waals surface area (Å²) in [6, 6.07) is 0. The SMILES string of the molecule is C=C(Cl)/C=C\C(C(=O)OC)=C(\C)CCC. The van der Waals surface area contributed by atoms with Crippen molar-refractivity contribution >= 4 is 17.6 Å². The largest absolute Gasteiger partial charge is 0.465 e. The zero-order chi connectivity index (χ0) is 11.8. The topological polar surface area (TPSA) is 26.3 Å². The first-order valence-electron chi connectivity index (χ1n) is 4.83. The average Bonchev–Trinajstić information content (AvgIpc) is 2.17. The highest BCUT2D eigenvalue weighted by Gasteiger charge is 2.09. The smallest absolute Gasteiger partial charge is 0.337 e. The van der Waals surface area contributed by atoms with Crippen molar-refractivity contribution in [1.29, 1.82) is 0 Å². The van der Waals surface area contributed by atoms with E-state index in [1.54, 1.807) is 12.2 Å². The Morgan fingerprint density at radius 1 is 1.47 bits per heavy atom. The number of carbonyl (C=O) groups is 1. The third-order valence-electron chi connectivity index (χ3n) is 1.92. The Morgan fingerprint density at radius 2 is 2.07 bits per heavy atom. The number of hydrogen-bond acceptors (Lipinski definition) is 2. The molecule has 84 valence electrons. The molecule has 0 aromatic carbocycles. The molecule has 0 fully saturated rings. The lowest BCUT2D eigenvalue weighted by molar-refractivity contribution is -0.135. The van der Waals surface area contributed by atoms with Gasteiger partial charge in [0.25, 0.3) is 0 Å². The molecular formula is C12H17ClO2. The molecule has 0 aliphatic heterocycles. The minimum absolute atomic E-state index is 0.338. The van der Waals surface area contributed by atoms with Crippen molar-refractivity contribution in [2.45, 2.75) is 26.7 Å². The number of ether oxygens (including phenoxy) is 1. The fraction of sp³-hybridized carbons (Fsp3) is 0.417. The summed E-state index contributed by atoms with van der Waals surface area (Å²) in [5.41, 5.74) is 1.56. The number of halogens is 1. The van der Waals surface area contributed by atoms with Gasteiger partial charge in [-0.1, -0.05) is 37.1 Å². The Balaban J connectivity index is 4.96. The Hall–Kier alpha value is -1.02. The fourth-order valence-corrected chi connectivity index (χ4v) is 1.24. The molecule has 3 heteroatoms. The van der Waals surface area contributed by atoms with Crippen LogP contribution in [0.1, 0.15) is 26.7 Å². The molecule has 0 bridgehead atoms. The Labute approximate surface area is 96.3 Å². The van der Waals surface area contributed by atoms with E-state index < -0.39 is 0 Å². The monoisotopic (exact) mass is 228 g/mol. The van der Waals surface area contributed by atoms with Crippen LogP contribution in [0.4, 0.5) is 0 Å². The van der Waals surface area contributed by atoms with Crippen molar-refractivity contribution in [1.82, 2.24) is 0 Å². The summed E-state index contributed by atoms with van der Waals surface area (Å²) in [5, 5.41) is 0.390. The second-order valence-corrected chi connectivity index (χ2v) is 3.70. The zero-order valence-electron chi connectivity index (χ0n) is 9.47. The maximum Gasteiger partial charge on any atom is 0.337 e. The van der Waals surface area contributed by atoms with E-state index in [0.29, 0.717) is 10.6 Å². The van der Waals surface area contributed by atoms with E-state index in [4.69, 9.17) is 16.3 Å². The standard InChI is InChI=1S/C12H17ClO2/c1-5-6-9(2)11(12(14)15-4)8-7-10(3)13/h7-8H,3,5-6H2,1-2,4H3/b8-7-,11-9+. The third kappa shape index (κ3) is 5.43. The van der Waals surface area contributed by atoms with Crippen LogP contribution in [-0.4, -0.2) is 13.1 Å². The number of carbonyl (C=O) groups excluding carboxylic acids is 1. The lowest BCUT2D eigenvalue weighted by Crippen LogP contribution is -2.05. The molecule has 0 saturated carbocycles. The third-order valence-corrected chi connectivity index (χ3v) is 2.05. The van der Waals surface area contributed by atoms with Gasteiger partial charge in [-0.3, -0.25) is 0 Å². The Morgan fingerprint density at radius 3 is 2.47 bits per heavy atom. The highest BCUT2D eigenvalue weighted by molar-refractivity contribution is 6.30. The van der Waals surface area contributed by atoms with Crippen molar-refractivity contribution in [2.75, 3.05) is 7.11 Å². The highest BCUT2D eigenvalue weighted by atomic mass is 35.5. The fourth-order valence-electron chi connectivity index (χ4n) is 1.18. The molecule has 0 radical (unpaired) electrons. The van der Waals surface area contributed by atoms with E-state index in [1.165, 1.54) is 7.11 Å². The quantitative estimate of drug-likeness (QED) is 0.408. The van der Waals surface area contributed by atoms with E-state index >= 15 is 0 Å². The number of esters is 1. The van der Waals surface area contributed by atoms with Gasteiger partial charge < -0.3 is 4.74 Å². The second-order valence-electron chi connectivity index (χ2n) is 3.22. The molecule has 15 heavy (non-hydrogen) atoms. The predicted octanol–water partition coefficient (Wildman–Crippen LogP) is 3.58. The van der Waals surface area contributed by atoms with Crippen LogP contribution in [0.15, 0.2) is 34.9 Å². The van der Waals surface area contributed by atoms with E-state index in [0.717, 1.165) is 18.4 Å². The Kier molecular flexibility index (Phi) is 6.80. The lowest BCUT2D eigenvalue weighted by Gasteiger charge is -2.05. The number of rotatable bonds is 5. The molecule has 0 aromatic rings. The van der Waals surface area contributed by atoms with Gasteiger partial charge in [-0.2, -0.15) is 0 Å². The zero-order valence-corrected chi connectivity index (χ0v) is 10.2. The Bertz CT molecular complexity index is 301. The van der Waals surface area contributed by atoms with Crippen molar-refractivity contribution in [3.8, 4) is 0 Å². The molecular weight excluding hydrogens is 212 g/mol. The van der Waals surface area contributed by atoms with E-state index in [-0.39, 0.29) is 5.97 Å². The van der Waals surface area contributed by atoms with Gasteiger partial charge in [0.15, 0.2) is 0 Å². The normalized spacial score (nSPS) is 12.5. The summed E-state index contributed by atoms with van der Waals surface area (Å²) in [7, 11) is 1.37. The van der Waals surface area contributed by atoms with Crippen LogP contribution in [0.3, 0.4) is 0 Å². The van der Waals surface area contributed by atoms with Gasteiger partial charge >= 0.3 is 5.97 Å². The minimum atomic E-state index is -0.338. The number of allylic oxidation sites excluding steroid dienone is 3. The summed E-state index contributed by atoms with van der Waals surface area (Å²) in [4.78, 5) is 11.4. The molecule has 0 heterocycles. The first-order valence-corrected chi connectivity index (χ1v) is 5.21. The van der Waals surface area contributed by atoms with Crippen LogP contribution in [-0.2, 0) is 9.53 Å². The van der Waals surface area contributed by atoms with Gasteiger partial charge in [0, 0.05) is 5.03 Å². The highest BCUT2D eigenvalue weighted by Crippen LogP contribution is 2.14. The molecule has 0 saturated heterocycles. The molecule has 0 spiro atoms. The van der Waals surface area contributed by atoms with Gasteiger partial charge in [0.05, 0.1) is 12.7 Å². The van der Waals surface area contributed by atoms with Crippen LogP contribution in [0.2, 0.25) is 0 Å². The molecule has 0 unspecified atom stereocenters. The maximum absolute atomic E-state index is 11.4. The van der Waals surface area contributed by atoms with Gasteiger partial charge in [-0.15, -0.1) is 0 Å². The van der Waals surface area contributed by atoms with Gasteiger partial charge in [0.1, 0.15) is 0 Å². The predicted molar refractivity (Wildman–Crippen MR) is 63.8 cm³/mol. The summed E-state index contributed by atoms with van der Waals surface area (Å²) in [5.74, 6) is -0.338. The lowest BCUT2D eigenvalue weighted by atomic mass is 10.0. The molecule has 0 amide bonds. The van der Waals surface area contributed by atoms with Crippen LogP contribution in [0.25, 0.3) is 0 Å². The average molecular weight is 229 g/mol. The molecule has 0 aliphatic rings. The van der Waals surface area contributed by atoms with Crippen LogP contribution < -0.4 is 0 Å². The molecule has 0 atom stereocenters. The van der Waals surface area contributed by atoms with E-state index in [1.807, 2.05) is 6.92 Å². The first-order chi connectivity index (χ1) is 7.02. The van der Waals surface area contributed by atoms with Crippen molar-refractivity contribution in [2.24, 2.45) is 0 Å². The van der Waals surface area contributed by atoms with Gasteiger partial charge in [0.2, 0.25) is 0 Å². The summed E-state index contributed by atoms with van der Waals surface area (Å²) < 4.78 is 4.69. The summed E-state index contributed by atoms with van der Waals surface area (Å²) in [6.07, 6.45) is 5.09. The van der Waals surface area contributed by atoms with Crippen LogP contribution in [0, 0.1) is 0 Å². The molecule has 0 aromatic heterocycles. The van der Waals surface area contributed by atoms with Gasteiger partial charge in [-0.25, -0.2) is 4.79 Å². The van der Waals surface area contributed by atoms with Gasteiger partial charge in [-0.05, 0) is 25.5 Å². The minimum Gasteiger partial charge on any atom is -0.465 e. The van der Waals surface area contributed by atoms with Crippen molar-refractivity contribution in [3.63, 3.8) is 0 Å². The number of hydrogen-bond donors (Lipinski definition) is 0. The molecule has 2 nitrogen and oxygen atoms in total.